The van der Waals surface area contributed by atoms with Crippen LogP contribution in [0.5, 0.6) is 0 Å². The maximum absolute atomic E-state index is 12.2. The lowest BCUT2D eigenvalue weighted by molar-refractivity contribution is -0.142. The third-order valence-electron chi connectivity index (χ3n) is 2.32. The second kappa shape index (κ2) is 7.14. The molecule has 0 atom stereocenters. The Bertz CT molecular complexity index is 785. The minimum atomic E-state index is -3.87. The molecule has 0 amide bonds. The third-order valence-corrected chi connectivity index (χ3v) is 6.35. The van der Waals surface area contributed by atoms with Crippen molar-refractivity contribution in [3.63, 3.8) is 0 Å². The highest BCUT2D eigenvalue weighted by molar-refractivity contribution is 7.93. The van der Waals surface area contributed by atoms with Gasteiger partial charge in [0, 0.05) is 5.38 Å². The molecule has 11 heteroatoms. The van der Waals surface area contributed by atoms with Gasteiger partial charge in [0.05, 0.1) is 23.1 Å². The first-order valence-corrected chi connectivity index (χ1v) is 9.83. The lowest BCUT2D eigenvalue weighted by Gasteiger charge is -2.03. The van der Waals surface area contributed by atoms with Gasteiger partial charge in [-0.05, 0) is 13.0 Å². The SMILES string of the molecule is CCOC(=O)Cc1csc(NS(=O)(=O)c2cc(Cl)sc2Cl)n1. The van der Waals surface area contributed by atoms with Crippen LogP contribution in [0, 0.1) is 0 Å². The van der Waals surface area contributed by atoms with Gasteiger partial charge in [0.15, 0.2) is 5.13 Å². The van der Waals surface area contributed by atoms with Gasteiger partial charge in [0.2, 0.25) is 0 Å². The largest absolute Gasteiger partial charge is 0.466 e. The van der Waals surface area contributed by atoms with Crippen LogP contribution in [0.3, 0.4) is 0 Å². The number of carbonyl (C=O) groups is 1. The van der Waals surface area contributed by atoms with E-state index < -0.39 is 16.0 Å². The summed E-state index contributed by atoms with van der Waals surface area (Å²) in [6.45, 7) is 1.98. The van der Waals surface area contributed by atoms with E-state index in [0.29, 0.717) is 5.69 Å². The van der Waals surface area contributed by atoms with E-state index in [1.807, 2.05) is 0 Å². The van der Waals surface area contributed by atoms with Crippen LogP contribution in [-0.2, 0) is 26.0 Å². The molecule has 0 aromatic carbocycles. The van der Waals surface area contributed by atoms with E-state index in [1.165, 1.54) is 6.07 Å². The summed E-state index contributed by atoms with van der Waals surface area (Å²) < 4.78 is 31.8. The van der Waals surface area contributed by atoms with Crippen LogP contribution in [0.25, 0.3) is 0 Å². The number of rotatable bonds is 6. The zero-order chi connectivity index (χ0) is 16.3. The molecule has 2 aromatic rings. The molecule has 0 radical (unpaired) electrons. The quantitative estimate of drug-likeness (QED) is 0.750. The molecule has 2 heterocycles. The number of hydrogen-bond acceptors (Lipinski definition) is 7. The molecule has 0 unspecified atom stereocenters. The second-order valence-electron chi connectivity index (χ2n) is 3.92. The number of ether oxygens (including phenoxy) is 1. The van der Waals surface area contributed by atoms with Crippen LogP contribution in [0.4, 0.5) is 5.13 Å². The normalized spacial score (nSPS) is 11.4. The zero-order valence-electron chi connectivity index (χ0n) is 11.1. The van der Waals surface area contributed by atoms with Gasteiger partial charge in [-0.25, -0.2) is 13.4 Å². The van der Waals surface area contributed by atoms with E-state index in [9.17, 15) is 13.2 Å². The Morgan fingerprint density at radius 1 is 1.45 bits per heavy atom. The Balaban J connectivity index is 2.12. The van der Waals surface area contributed by atoms with Crippen LogP contribution in [0.1, 0.15) is 12.6 Å². The second-order valence-corrected chi connectivity index (χ2v) is 8.71. The maximum atomic E-state index is 12.2. The summed E-state index contributed by atoms with van der Waals surface area (Å²) in [5, 5.41) is 1.72. The van der Waals surface area contributed by atoms with Crippen molar-refractivity contribution in [2.45, 2.75) is 18.2 Å². The minimum absolute atomic E-state index is 0.0168. The number of hydrogen-bond donors (Lipinski definition) is 1. The number of sulfonamides is 1. The van der Waals surface area contributed by atoms with Crippen molar-refractivity contribution in [3.05, 3.63) is 25.8 Å². The number of halogens is 2. The van der Waals surface area contributed by atoms with Crippen LogP contribution in [-0.4, -0.2) is 26.0 Å². The molecule has 22 heavy (non-hydrogen) atoms. The van der Waals surface area contributed by atoms with Crippen molar-refractivity contribution in [2.24, 2.45) is 0 Å². The number of nitrogens with zero attached hydrogens (tertiary/aromatic N) is 1. The Kier molecular flexibility index (Phi) is 5.67. The molecule has 0 saturated carbocycles. The van der Waals surface area contributed by atoms with E-state index in [0.717, 1.165) is 22.7 Å². The van der Waals surface area contributed by atoms with Gasteiger partial charge >= 0.3 is 5.97 Å². The maximum Gasteiger partial charge on any atom is 0.311 e. The molecule has 0 saturated heterocycles. The fourth-order valence-electron chi connectivity index (χ4n) is 1.47. The smallest absolute Gasteiger partial charge is 0.311 e. The fourth-order valence-corrected chi connectivity index (χ4v) is 5.59. The highest BCUT2D eigenvalue weighted by Gasteiger charge is 2.22. The van der Waals surface area contributed by atoms with Gasteiger partial charge in [-0.1, -0.05) is 23.2 Å². The molecule has 6 nitrogen and oxygen atoms in total. The van der Waals surface area contributed by atoms with Crippen molar-refractivity contribution < 1.29 is 17.9 Å². The summed E-state index contributed by atoms with van der Waals surface area (Å²) in [7, 11) is -3.87. The fraction of sp³-hybridized carbons (Fsp3) is 0.273. The number of thiophene rings is 1. The van der Waals surface area contributed by atoms with Gasteiger partial charge < -0.3 is 4.74 Å². The van der Waals surface area contributed by atoms with Gasteiger partial charge in [-0.15, -0.1) is 22.7 Å². The highest BCUT2D eigenvalue weighted by Crippen LogP contribution is 2.35. The van der Waals surface area contributed by atoms with Crippen molar-refractivity contribution >= 4 is 67.0 Å². The van der Waals surface area contributed by atoms with Gasteiger partial charge in [-0.3, -0.25) is 9.52 Å². The van der Waals surface area contributed by atoms with Crippen molar-refractivity contribution in [2.75, 3.05) is 11.3 Å². The topological polar surface area (TPSA) is 85.4 Å². The summed E-state index contributed by atoms with van der Waals surface area (Å²) in [5.41, 5.74) is 0.426. The Morgan fingerprint density at radius 2 is 2.18 bits per heavy atom. The molecule has 0 fully saturated rings. The number of aromatic nitrogens is 1. The number of esters is 1. The predicted octanol–water partition coefficient (Wildman–Crippen LogP) is 3.42. The van der Waals surface area contributed by atoms with E-state index in [2.05, 4.69) is 9.71 Å². The van der Waals surface area contributed by atoms with Gasteiger partial charge in [0.1, 0.15) is 9.23 Å². The lowest BCUT2D eigenvalue weighted by Crippen LogP contribution is -2.13. The van der Waals surface area contributed by atoms with Gasteiger partial charge in [-0.2, -0.15) is 0 Å². The average Bonchev–Trinajstić information content (AvgIpc) is 2.96. The predicted molar refractivity (Wildman–Crippen MR) is 87.6 cm³/mol. The summed E-state index contributed by atoms with van der Waals surface area (Å²) in [4.78, 5) is 15.3. The lowest BCUT2D eigenvalue weighted by atomic mass is 10.3. The number of carbonyl (C=O) groups excluding carboxylic acids is 1. The molecule has 2 rings (SSSR count). The molecule has 2 aromatic heterocycles. The monoisotopic (exact) mass is 400 g/mol. The summed E-state index contributed by atoms with van der Waals surface area (Å²) >= 11 is 13.6. The molecule has 120 valence electrons. The molecular weight excluding hydrogens is 391 g/mol. The molecule has 0 aliphatic heterocycles. The first-order chi connectivity index (χ1) is 10.3. The van der Waals surface area contributed by atoms with E-state index in [1.54, 1.807) is 12.3 Å². The molecule has 0 aliphatic carbocycles. The highest BCUT2D eigenvalue weighted by atomic mass is 35.5. The summed E-state index contributed by atoms with van der Waals surface area (Å²) in [6.07, 6.45) is -0.0168. The third kappa shape index (κ3) is 4.32. The van der Waals surface area contributed by atoms with Gasteiger partial charge in [0.25, 0.3) is 10.0 Å². The Morgan fingerprint density at radius 3 is 2.77 bits per heavy atom. The molecular formula is C11H10Cl2N2O4S3. The Labute approximate surface area is 145 Å². The summed E-state index contributed by atoms with van der Waals surface area (Å²) in [5.74, 6) is -0.421. The molecule has 0 spiro atoms. The molecule has 1 N–H and O–H groups in total. The summed E-state index contributed by atoms with van der Waals surface area (Å²) in [6, 6.07) is 1.27. The van der Waals surface area contributed by atoms with Crippen molar-refractivity contribution in [1.29, 1.82) is 0 Å². The van der Waals surface area contributed by atoms with Crippen molar-refractivity contribution in [1.82, 2.24) is 4.98 Å². The first kappa shape index (κ1) is 17.5. The van der Waals surface area contributed by atoms with E-state index in [-0.39, 0.29) is 31.7 Å². The van der Waals surface area contributed by atoms with Crippen LogP contribution in [0.2, 0.25) is 8.67 Å². The number of anilines is 1. The zero-order valence-corrected chi connectivity index (χ0v) is 15.1. The average molecular weight is 401 g/mol. The molecule has 0 bridgehead atoms. The molecule has 0 aliphatic rings. The van der Waals surface area contributed by atoms with E-state index in [4.69, 9.17) is 27.9 Å². The van der Waals surface area contributed by atoms with E-state index >= 15 is 0 Å². The number of nitrogens with one attached hydrogen (secondary N) is 1. The van der Waals surface area contributed by atoms with Crippen LogP contribution < -0.4 is 4.72 Å². The minimum Gasteiger partial charge on any atom is -0.466 e. The standard InChI is InChI=1S/C11H10Cl2N2O4S3/c1-2-19-9(16)3-6-5-20-11(14-6)15-22(17,18)7-4-8(12)21-10(7)13/h4-5H,2-3H2,1H3,(H,14,15). The number of thiazole rings is 1. The Hall–Kier alpha value is -0.870. The first-order valence-electron chi connectivity index (χ1n) is 5.89. The van der Waals surface area contributed by atoms with Crippen LogP contribution >= 0.6 is 45.9 Å². The van der Waals surface area contributed by atoms with Crippen LogP contribution in [0.15, 0.2) is 16.3 Å². The van der Waals surface area contributed by atoms with Crippen molar-refractivity contribution in [3.8, 4) is 0 Å².